The number of nitrogens with one attached hydrogen (secondary N) is 2. The molecule has 158 valence electrons. The highest BCUT2D eigenvalue weighted by molar-refractivity contribution is 6.16. The van der Waals surface area contributed by atoms with Gasteiger partial charge in [-0.3, -0.25) is 9.59 Å². The van der Waals surface area contributed by atoms with Crippen LogP contribution in [0.1, 0.15) is 60.9 Å². The predicted molar refractivity (Wildman–Crippen MR) is 124 cm³/mol. The number of aromatic nitrogens is 3. The summed E-state index contributed by atoms with van der Waals surface area (Å²) in [4.78, 5) is 37.2. The molecule has 0 spiro atoms. The van der Waals surface area contributed by atoms with Crippen molar-refractivity contribution in [3.05, 3.63) is 88.1 Å². The Bertz CT molecular complexity index is 1220. The molecule has 5 nitrogen and oxygen atoms in total. The van der Waals surface area contributed by atoms with E-state index in [1.165, 1.54) is 19.3 Å². The van der Waals surface area contributed by atoms with Crippen LogP contribution >= 0.6 is 0 Å². The quantitative estimate of drug-likeness (QED) is 0.274. The van der Waals surface area contributed by atoms with E-state index in [-0.39, 0.29) is 11.3 Å². The van der Waals surface area contributed by atoms with Crippen LogP contribution in [0.3, 0.4) is 0 Å². The summed E-state index contributed by atoms with van der Waals surface area (Å²) in [5.41, 5.74) is 2.63. The molecule has 2 aromatic carbocycles. The van der Waals surface area contributed by atoms with Gasteiger partial charge in [-0.25, -0.2) is 4.98 Å². The second kappa shape index (κ2) is 9.56. The predicted octanol–water partition coefficient (Wildman–Crippen LogP) is 5.66. The number of ketones is 1. The molecule has 2 aromatic heterocycles. The summed E-state index contributed by atoms with van der Waals surface area (Å²) < 4.78 is 0. The molecule has 0 aliphatic heterocycles. The van der Waals surface area contributed by atoms with Crippen molar-refractivity contribution >= 4 is 16.8 Å². The lowest BCUT2D eigenvalue weighted by Gasteiger charge is -2.05. The van der Waals surface area contributed by atoms with Crippen molar-refractivity contribution < 1.29 is 4.79 Å². The fraction of sp³-hybridized carbons (Fsp3) is 0.269. The van der Waals surface area contributed by atoms with Gasteiger partial charge in [0.2, 0.25) is 5.78 Å². The van der Waals surface area contributed by atoms with Crippen molar-refractivity contribution in [3.8, 4) is 11.1 Å². The van der Waals surface area contributed by atoms with E-state index in [4.69, 9.17) is 0 Å². The van der Waals surface area contributed by atoms with Crippen LogP contribution in [0, 0.1) is 0 Å². The molecule has 0 unspecified atom stereocenters. The van der Waals surface area contributed by atoms with Gasteiger partial charge in [-0.15, -0.1) is 0 Å². The van der Waals surface area contributed by atoms with Crippen molar-refractivity contribution in [2.45, 2.75) is 45.4 Å². The summed E-state index contributed by atoms with van der Waals surface area (Å²) in [6.07, 6.45) is 6.44. The van der Waals surface area contributed by atoms with Gasteiger partial charge in [-0.05, 0) is 12.0 Å². The van der Waals surface area contributed by atoms with E-state index in [9.17, 15) is 9.59 Å². The highest BCUT2D eigenvalue weighted by Gasteiger charge is 2.23. The van der Waals surface area contributed by atoms with E-state index in [1.807, 2.05) is 48.5 Å². The number of hydrogen-bond acceptors (Lipinski definition) is 3. The number of rotatable bonds is 9. The number of H-pyrrole nitrogens is 2. The molecule has 31 heavy (non-hydrogen) atoms. The number of aromatic amines is 2. The zero-order valence-electron chi connectivity index (χ0n) is 17.8. The Morgan fingerprint density at radius 1 is 0.871 bits per heavy atom. The Morgan fingerprint density at radius 2 is 1.55 bits per heavy atom. The van der Waals surface area contributed by atoms with Crippen LogP contribution in [0.2, 0.25) is 0 Å². The average molecular weight is 414 g/mol. The second-order valence-electron chi connectivity index (χ2n) is 7.84. The molecule has 0 amide bonds. The smallest absolute Gasteiger partial charge is 0.261 e. The zero-order chi connectivity index (χ0) is 21.6. The molecule has 0 aliphatic rings. The number of carbonyl (C=O) groups excluding carboxylic acids is 1. The topological polar surface area (TPSA) is 78.6 Å². The Hall–Kier alpha value is -3.47. The summed E-state index contributed by atoms with van der Waals surface area (Å²) >= 11 is 0. The summed E-state index contributed by atoms with van der Waals surface area (Å²) in [5, 5.41) is 0.431. The number of carbonyl (C=O) groups is 1. The molecule has 0 atom stereocenters. The fourth-order valence-corrected chi connectivity index (χ4v) is 3.96. The largest absolute Gasteiger partial charge is 0.336 e. The van der Waals surface area contributed by atoms with Crippen LogP contribution < -0.4 is 5.56 Å². The molecule has 2 heterocycles. The molecule has 0 radical (unpaired) electrons. The van der Waals surface area contributed by atoms with Crippen LogP contribution in [0.25, 0.3) is 22.2 Å². The molecule has 0 saturated carbocycles. The van der Waals surface area contributed by atoms with Gasteiger partial charge in [0, 0.05) is 17.5 Å². The maximum Gasteiger partial charge on any atom is 0.261 e. The summed E-state index contributed by atoms with van der Waals surface area (Å²) in [6.45, 7) is 2.19. The molecule has 0 bridgehead atoms. The maximum absolute atomic E-state index is 13.3. The number of hydrogen-bond donors (Lipinski definition) is 2. The standard InChI is InChI=1S/C26H27N3O2/c1-2-3-4-5-12-17-20-27-25-22(26(31)28-20)21(18-13-8-6-9-14-18)23(29-25)24(30)19-15-10-7-11-16-19/h6-11,13-16H,2-5,12,17H2,1H3,(H2,27,28,29,31). The molecule has 0 fully saturated rings. The van der Waals surface area contributed by atoms with Crippen molar-refractivity contribution in [1.29, 1.82) is 0 Å². The number of benzene rings is 2. The lowest BCUT2D eigenvalue weighted by atomic mass is 9.98. The first-order valence-corrected chi connectivity index (χ1v) is 11.0. The first-order valence-electron chi connectivity index (χ1n) is 11.0. The van der Waals surface area contributed by atoms with Gasteiger partial charge in [0.25, 0.3) is 5.56 Å². The minimum absolute atomic E-state index is 0.155. The average Bonchev–Trinajstić information content (AvgIpc) is 3.19. The van der Waals surface area contributed by atoms with Gasteiger partial charge in [0.05, 0.1) is 11.1 Å². The van der Waals surface area contributed by atoms with Gasteiger partial charge in [-0.1, -0.05) is 93.3 Å². The first kappa shape index (κ1) is 20.8. The van der Waals surface area contributed by atoms with Gasteiger partial charge in [0.15, 0.2) is 0 Å². The van der Waals surface area contributed by atoms with Gasteiger partial charge >= 0.3 is 0 Å². The maximum atomic E-state index is 13.3. The van der Waals surface area contributed by atoms with Crippen molar-refractivity contribution in [2.75, 3.05) is 0 Å². The Morgan fingerprint density at radius 3 is 2.26 bits per heavy atom. The lowest BCUT2D eigenvalue weighted by Crippen LogP contribution is -2.12. The van der Waals surface area contributed by atoms with Crippen molar-refractivity contribution in [3.63, 3.8) is 0 Å². The van der Waals surface area contributed by atoms with E-state index in [0.29, 0.717) is 33.7 Å². The molecule has 2 N–H and O–H groups in total. The van der Waals surface area contributed by atoms with Crippen LogP contribution in [0.5, 0.6) is 0 Å². The number of aryl methyl sites for hydroxylation is 1. The lowest BCUT2D eigenvalue weighted by molar-refractivity contribution is 0.103. The van der Waals surface area contributed by atoms with Gasteiger partial charge in [-0.2, -0.15) is 0 Å². The minimum atomic E-state index is -0.212. The van der Waals surface area contributed by atoms with E-state index in [0.717, 1.165) is 24.8 Å². The van der Waals surface area contributed by atoms with Crippen LogP contribution in [-0.4, -0.2) is 20.7 Å². The zero-order valence-corrected chi connectivity index (χ0v) is 17.8. The van der Waals surface area contributed by atoms with Crippen LogP contribution in [-0.2, 0) is 6.42 Å². The molecular formula is C26H27N3O2. The number of nitrogens with zero attached hydrogens (tertiary/aromatic N) is 1. The molecule has 4 aromatic rings. The van der Waals surface area contributed by atoms with E-state index in [1.54, 1.807) is 12.1 Å². The van der Waals surface area contributed by atoms with E-state index in [2.05, 4.69) is 21.9 Å². The summed E-state index contributed by atoms with van der Waals surface area (Å²) in [6, 6.07) is 18.6. The van der Waals surface area contributed by atoms with E-state index < -0.39 is 0 Å². The first-order chi connectivity index (χ1) is 15.2. The molecule has 0 aliphatic carbocycles. The monoisotopic (exact) mass is 413 g/mol. The van der Waals surface area contributed by atoms with Crippen molar-refractivity contribution in [2.24, 2.45) is 0 Å². The third-order valence-electron chi connectivity index (χ3n) is 5.55. The summed E-state index contributed by atoms with van der Waals surface area (Å²) in [5.74, 6) is 0.506. The molecule has 0 saturated heterocycles. The minimum Gasteiger partial charge on any atom is -0.336 e. The van der Waals surface area contributed by atoms with Crippen molar-refractivity contribution in [1.82, 2.24) is 15.0 Å². The van der Waals surface area contributed by atoms with E-state index >= 15 is 0 Å². The van der Waals surface area contributed by atoms with Crippen LogP contribution in [0.4, 0.5) is 0 Å². The number of fused-ring (bicyclic) bond motifs is 1. The highest BCUT2D eigenvalue weighted by atomic mass is 16.1. The van der Waals surface area contributed by atoms with Gasteiger partial charge < -0.3 is 9.97 Å². The highest BCUT2D eigenvalue weighted by Crippen LogP contribution is 2.31. The third kappa shape index (κ3) is 4.50. The second-order valence-corrected chi connectivity index (χ2v) is 7.84. The fourth-order valence-electron chi connectivity index (χ4n) is 3.96. The SMILES string of the molecule is CCCCCCCc1nc2[nH]c(C(=O)c3ccccc3)c(-c3ccccc3)c2c(=O)[nH]1. The normalized spacial score (nSPS) is 11.1. The third-order valence-corrected chi connectivity index (χ3v) is 5.55. The summed E-state index contributed by atoms with van der Waals surface area (Å²) in [7, 11) is 0. The Labute approximate surface area is 181 Å². The Kier molecular flexibility index (Phi) is 6.41. The number of unbranched alkanes of at least 4 members (excludes halogenated alkanes) is 4. The molecular weight excluding hydrogens is 386 g/mol. The van der Waals surface area contributed by atoms with Gasteiger partial charge in [0.1, 0.15) is 11.5 Å². The Balaban J connectivity index is 1.78. The van der Waals surface area contributed by atoms with Crippen LogP contribution in [0.15, 0.2) is 65.5 Å². The molecule has 5 heteroatoms. The molecule has 4 rings (SSSR count).